The van der Waals surface area contributed by atoms with E-state index in [0.717, 1.165) is 17.0 Å². The van der Waals surface area contributed by atoms with Gasteiger partial charge in [-0.2, -0.15) is 0 Å². The summed E-state index contributed by atoms with van der Waals surface area (Å²) >= 11 is 1.51. The molecule has 0 unspecified atom stereocenters. The van der Waals surface area contributed by atoms with Crippen molar-refractivity contribution in [2.75, 3.05) is 5.32 Å². The van der Waals surface area contributed by atoms with Crippen molar-refractivity contribution in [2.45, 2.75) is 19.8 Å². The van der Waals surface area contributed by atoms with Gasteiger partial charge in [0.15, 0.2) is 11.6 Å². The number of benzene rings is 1. The van der Waals surface area contributed by atoms with Gasteiger partial charge in [-0.25, -0.2) is 9.97 Å². The van der Waals surface area contributed by atoms with Crippen LogP contribution in [0.15, 0.2) is 48.0 Å². The van der Waals surface area contributed by atoms with Crippen LogP contribution in [-0.2, 0) is 17.6 Å². The molecule has 3 aromatic rings. The number of aromatic hydroxyl groups is 1. The summed E-state index contributed by atoms with van der Waals surface area (Å²) < 4.78 is 0. The van der Waals surface area contributed by atoms with Crippen molar-refractivity contribution in [3.8, 4) is 16.3 Å². The number of rotatable bonds is 5. The average molecular weight is 339 g/mol. The summed E-state index contributed by atoms with van der Waals surface area (Å²) in [5.41, 5.74) is 3.03. The standard InChI is InChI=1S/C18H17N3O2S/c1-2-12-5-7-13(8-6-12)18-20-14(11-24-18)10-16(23)21-17-15(22)4-3-9-19-17/h3-9,11,22H,2,10H2,1H3,(H,19,21,23). The highest BCUT2D eigenvalue weighted by Crippen LogP contribution is 2.25. The van der Waals surface area contributed by atoms with Gasteiger partial charge in [-0.1, -0.05) is 31.2 Å². The van der Waals surface area contributed by atoms with E-state index in [1.54, 1.807) is 6.07 Å². The van der Waals surface area contributed by atoms with Crippen LogP contribution in [0.4, 0.5) is 5.82 Å². The Morgan fingerprint density at radius 2 is 2.04 bits per heavy atom. The number of hydrogen-bond acceptors (Lipinski definition) is 5. The maximum absolute atomic E-state index is 12.1. The van der Waals surface area contributed by atoms with Gasteiger partial charge >= 0.3 is 0 Å². The summed E-state index contributed by atoms with van der Waals surface area (Å²) in [5, 5.41) is 15.0. The molecule has 0 atom stereocenters. The molecule has 122 valence electrons. The maximum Gasteiger partial charge on any atom is 0.231 e. The third-order valence-electron chi connectivity index (χ3n) is 3.55. The minimum Gasteiger partial charge on any atom is -0.504 e. The monoisotopic (exact) mass is 339 g/mol. The van der Waals surface area contributed by atoms with Crippen LogP contribution in [0.1, 0.15) is 18.2 Å². The van der Waals surface area contributed by atoms with Gasteiger partial charge in [-0.3, -0.25) is 4.79 Å². The largest absolute Gasteiger partial charge is 0.504 e. The smallest absolute Gasteiger partial charge is 0.231 e. The Morgan fingerprint density at radius 1 is 1.25 bits per heavy atom. The van der Waals surface area contributed by atoms with E-state index in [1.165, 1.54) is 29.2 Å². The molecular weight excluding hydrogens is 322 g/mol. The number of amides is 1. The first-order valence-electron chi connectivity index (χ1n) is 7.63. The van der Waals surface area contributed by atoms with Crippen LogP contribution in [0.25, 0.3) is 10.6 Å². The SMILES string of the molecule is CCc1ccc(-c2nc(CC(=O)Nc3ncccc3O)cs2)cc1. The summed E-state index contributed by atoms with van der Waals surface area (Å²) in [5.74, 6) is -0.156. The zero-order valence-electron chi connectivity index (χ0n) is 13.2. The lowest BCUT2D eigenvalue weighted by molar-refractivity contribution is -0.115. The molecule has 0 saturated heterocycles. The third-order valence-corrected chi connectivity index (χ3v) is 4.49. The number of aromatic nitrogens is 2. The number of thiazole rings is 1. The molecule has 1 amide bonds. The molecule has 0 fully saturated rings. The highest BCUT2D eigenvalue weighted by molar-refractivity contribution is 7.13. The number of nitrogens with one attached hydrogen (secondary N) is 1. The van der Waals surface area contributed by atoms with Gasteiger partial charge < -0.3 is 10.4 Å². The fourth-order valence-electron chi connectivity index (χ4n) is 2.24. The number of carbonyl (C=O) groups is 1. The van der Waals surface area contributed by atoms with Crippen molar-refractivity contribution < 1.29 is 9.90 Å². The second-order valence-corrected chi connectivity index (χ2v) is 6.15. The van der Waals surface area contributed by atoms with E-state index in [0.29, 0.717) is 5.69 Å². The Kier molecular flexibility index (Phi) is 4.86. The molecule has 2 heterocycles. The van der Waals surface area contributed by atoms with E-state index in [-0.39, 0.29) is 23.9 Å². The lowest BCUT2D eigenvalue weighted by atomic mass is 10.1. The number of hydrogen-bond donors (Lipinski definition) is 2. The minimum absolute atomic E-state index is 0.0548. The third kappa shape index (κ3) is 3.78. The van der Waals surface area contributed by atoms with E-state index in [9.17, 15) is 9.90 Å². The normalized spacial score (nSPS) is 10.5. The van der Waals surface area contributed by atoms with Crippen molar-refractivity contribution in [2.24, 2.45) is 0 Å². The van der Waals surface area contributed by atoms with Crippen molar-refractivity contribution in [3.63, 3.8) is 0 Å². The number of pyridine rings is 1. The first kappa shape index (κ1) is 16.1. The predicted molar refractivity (Wildman–Crippen MR) is 95.2 cm³/mol. The fraction of sp³-hybridized carbons (Fsp3) is 0.167. The van der Waals surface area contributed by atoms with Gasteiger partial charge in [0.25, 0.3) is 0 Å². The van der Waals surface area contributed by atoms with Crippen LogP contribution < -0.4 is 5.32 Å². The zero-order valence-corrected chi connectivity index (χ0v) is 14.0. The van der Waals surface area contributed by atoms with Gasteiger partial charge in [0, 0.05) is 17.1 Å². The predicted octanol–water partition coefficient (Wildman–Crippen LogP) is 3.65. The first-order chi connectivity index (χ1) is 11.7. The van der Waals surface area contributed by atoms with Gasteiger partial charge in [0.2, 0.25) is 5.91 Å². The molecule has 0 aliphatic carbocycles. The average Bonchev–Trinajstić information content (AvgIpc) is 3.05. The van der Waals surface area contributed by atoms with Crippen LogP contribution in [-0.4, -0.2) is 21.0 Å². The Bertz CT molecular complexity index is 843. The molecule has 5 nitrogen and oxygen atoms in total. The van der Waals surface area contributed by atoms with Crippen molar-refractivity contribution >= 4 is 23.1 Å². The first-order valence-corrected chi connectivity index (χ1v) is 8.51. The Balaban J connectivity index is 1.67. The molecule has 0 radical (unpaired) electrons. The molecule has 1 aromatic carbocycles. The Labute approximate surface area is 144 Å². The van der Waals surface area contributed by atoms with Crippen LogP contribution in [0.5, 0.6) is 5.75 Å². The topological polar surface area (TPSA) is 75.1 Å². The molecule has 6 heteroatoms. The summed E-state index contributed by atoms with van der Waals surface area (Å²) in [6.45, 7) is 2.12. The van der Waals surface area contributed by atoms with Gasteiger partial charge in [-0.05, 0) is 24.1 Å². The lowest BCUT2D eigenvalue weighted by Gasteiger charge is -2.04. The van der Waals surface area contributed by atoms with Gasteiger partial charge in [-0.15, -0.1) is 11.3 Å². The van der Waals surface area contributed by atoms with Crippen LogP contribution in [0.3, 0.4) is 0 Å². The summed E-state index contributed by atoms with van der Waals surface area (Å²) in [6.07, 6.45) is 2.65. The molecule has 2 aromatic heterocycles. The number of anilines is 1. The van der Waals surface area contributed by atoms with E-state index in [2.05, 4.69) is 34.3 Å². The highest BCUT2D eigenvalue weighted by Gasteiger charge is 2.11. The van der Waals surface area contributed by atoms with Crippen LogP contribution >= 0.6 is 11.3 Å². The van der Waals surface area contributed by atoms with Crippen LogP contribution in [0.2, 0.25) is 0 Å². The van der Waals surface area contributed by atoms with Crippen molar-refractivity contribution in [3.05, 3.63) is 59.2 Å². The van der Waals surface area contributed by atoms with E-state index in [4.69, 9.17) is 0 Å². The van der Waals surface area contributed by atoms with Crippen LogP contribution in [0, 0.1) is 0 Å². The minimum atomic E-state index is -0.262. The second-order valence-electron chi connectivity index (χ2n) is 5.29. The molecular formula is C18H17N3O2S. The van der Waals surface area contributed by atoms with E-state index in [1.807, 2.05) is 17.5 Å². The lowest BCUT2D eigenvalue weighted by Crippen LogP contribution is -2.15. The van der Waals surface area contributed by atoms with Gasteiger partial charge in [0.05, 0.1) is 12.1 Å². The number of nitrogens with zero attached hydrogens (tertiary/aromatic N) is 2. The highest BCUT2D eigenvalue weighted by atomic mass is 32.1. The summed E-state index contributed by atoms with van der Waals surface area (Å²) in [6, 6.07) is 11.4. The molecule has 24 heavy (non-hydrogen) atoms. The van der Waals surface area contributed by atoms with Crippen molar-refractivity contribution in [1.29, 1.82) is 0 Å². The Morgan fingerprint density at radius 3 is 2.75 bits per heavy atom. The molecule has 0 bridgehead atoms. The van der Waals surface area contributed by atoms with Crippen molar-refractivity contribution in [1.82, 2.24) is 9.97 Å². The maximum atomic E-state index is 12.1. The number of aryl methyl sites for hydroxylation is 1. The quantitative estimate of drug-likeness (QED) is 0.744. The Hall–Kier alpha value is -2.73. The fourth-order valence-corrected chi connectivity index (χ4v) is 3.06. The molecule has 0 aliphatic heterocycles. The summed E-state index contributed by atoms with van der Waals surface area (Å²) in [7, 11) is 0. The summed E-state index contributed by atoms with van der Waals surface area (Å²) in [4.78, 5) is 20.5. The number of carbonyl (C=O) groups excluding carboxylic acids is 1. The molecule has 3 rings (SSSR count). The second kappa shape index (κ2) is 7.23. The van der Waals surface area contributed by atoms with E-state index < -0.39 is 0 Å². The molecule has 0 saturated carbocycles. The molecule has 0 aliphatic rings. The van der Waals surface area contributed by atoms with Gasteiger partial charge in [0.1, 0.15) is 5.01 Å². The molecule has 0 spiro atoms. The molecule has 2 N–H and O–H groups in total. The van der Waals surface area contributed by atoms with E-state index >= 15 is 0 Å². The zero-order chi connectivity index (χ0) is 16.9.